The molecule has 5 heteroatoms. The van der Waals surface area contributed by atoms with Crippen molar-refractivity contribution in [1.82, 2.24) is 19.7 Å². The Morgan fingerprint density at radius 3 is 2.65 bits per heavy atom. The van der Waals surface area contributed by atoms with Gasteiger partial charge < -0.3 is 9.88 Å². The number of amides is 1. The number of aryl methyl sites for hydroxylation is 3. The van der Waals surface area contributed by atoms with Gasteiger partial charge in [-0.25, -0.2) is 0 Å². The predicted molar refractivity (Wildman–Crippen MR) is 78.5 cm³/mol. The molecule has 1 unspecified atom stereocenters. The second-order valence-corrected chi connectivity index (χ2v) is 5.10. The van der Waals surface area contributed by atoms with Gasteiger partial charge in [0.15, 0.2) is 0 Å². The van der Waals surface area contributed by atoms with Gasteiger partial charge >= 0.3 is 0 Å². The second kappa shape index (κ2) is 6.41. The number of nitrogens with one attached hydrogen (secondary N) is 1. The molecule has 0 aliphatic rings. The number of carbonyl (C=O) groups excluding carboxylic acids is 1. The lowest BCUT2D eigenvalue weighted by atomic mass is 10.3. The summed E-state index contributed by atoms with van der Waals surface area (Å²) in [6.45, 7) is 7.44. The molecule has 2 aromatic rings. The molecule has 0 saturated heterocycles. The van der Waals surface area contributed by atoms with Crippen LogP contribution in [0.3, 0.4) is 0 Å². The molecule has 1 N–H and O–H groups in total. The van der Waals surface area contributed by atoms with Crippen molar-refractivity contribution in [1.29, 1.82) is 0 Å². The van der Waals surface area contributed by atoms with Gasteiger partial charge in [0.1, 0.15) is 6.04 Å². The first kappa shape index (κ1) is 14.4. The Hall–Kier alpha value is -2.04. The maximum absolute atomic E-state index is 12.0. The van der Waals surface area contributed by atoms with Crippen LogP contribution in [0.2, 0.25) is 0 Å². The summed E-state index contributed by atoms with van der Waals surface area (Å²) < 4.78 is 3.88. The smallest absolute Gasteiger partial charge is 0.242 e. The zero-order chi connectivity index (χ0) is 14.5. The molecule has 0 spiro atoms. The molecular weight excluding hydrogens is 252 g/mol. The van der Waals surface area contributed by atoms with Crippen LogP contribution in [0.1, 0.15) is 30.8 Å². The standard InChI is InChI=1S/C15H22N4O/c1-12-11-13(2)19(17-12)10-6-7-16-15(20)14(3)18-8-4-5-9-18/h4-5,8-9,11,14H,6-7,10H2,1-3H3,(H,16,20). The average molecular weight is 274 g/mol. The van der Waals surface area contributed by atoms with Crippen molar-refractivity contribution in [3.05, 3.63) is 42.0 Å². The highest BCUT2D eigenvalue weighted by Gasteiger charge is 2.12. The van der Waals surface area contributed by atoms with Crippen molar-refractivity contribution in [2.24, 2.45) is 0 Å². The van der Waals surface area contributed by atoms with E-state index in [0.29, 0.717) is 6.54 Å². The highest BCUT2D eigenvalue weighted by Crippen LogP contribution is 2.06. The Kier molecular flexibility index (Phi) is 4.61. The molecule has 0 fully saturated rings. The van der Waals surface area contributed by atoms with Crippen LogP contribution in [0.5, 0.6) is 0 Å². The molecule has 108 valence electrons. The number of nitrogens with zero attached hydrogens (tertiary/aromatic N) is 3. The third-order valence-corrected chi connectivity index (χ3v) is 3.40. The van der Waals surface area contributed by atoms with Crippen molar-refractivity contribution in [3.8, 4) is 0 Å². The minimum Gasteiger partial charge on any atom is -0.354 e. The molecule has 0 aliphatic heterocycles. The summed E-state index contributed by atoms with van der Waals surface area (Å²) in [6, 6.07) is 5.74. The Morgan fingerprint density at radius 2 is 2.05 bits per heavy atom. The molecule has 0 aromatic carbocycles. The van der Waals surface area contributed by atoms with Gasteiger partial charge in [-0.2, -0.15) is 5.10 Å². The minimum absolute atomic E-state index is 0.0505. The molecule has 0 saturated carbocycles. The van der Waals surface area contributed by atoms with Crippen molar-refractivity contribution >= 4 is 5.91 Å². The quantitative estimate of drug-likeness (QED) is 0.820. The zero-order valence-corrected chi connectivity index (χ0v) is 12.3. The van der Waals surface area contributed by atoms with Crippen LogP contribution in [0.4, 0.5) is 0 Å². The van der Waals surface area contributed by atoms with E-state index in [1.807, 2.05) is 54.5 Å². The molecule has 2 rings (SSSR count). The van der Waals surface area contributed by atoms with E-state index in [1.165, 1.54) is 0 Å². The first-order valence-electron chi connectivity index (χ1n) is 6.99. The monoisotopic (exact) mass is 274 g/mol. The molecule has 0 radical (unpaired) electrons. The molecule has 2 aromatic heterocycles. The van der Waals surface area contributed by atoms with Crippen LogP contribution in [-0.4, -0.2) is 26.8 Å². The van der Waals surface area contributed by atoms with Gasteiger partial charge in [0.2, 0.25) is 5.91 Å². The van der Waals surface area contributed by atoms with Gasteiger partial charge in [0.25, 0.3) is 0 Å². The van der Waals surface area contributed by atoms with E-state index in [1.54, 1.807) is 0 Å². The molecular formula is C15H22N4O. The van der Waals surface area contributed by atoms with Crippen LogP contribution in [0.15, 0.2) is 30.6 Å². The van der Waals surface area contributed by atoms with E-state index in [-0.39, 0.29) is 11.9 Å². The SMILES string of the molecule is Cc1cc(C)n(CCCNC(=O)C(C)n2cccc2)n1. The number of aromatic nitrogens is 3. The Labute approximate surface area is 119 Å². The summed E-state index contributed by atoms with van der Waals surface area (Å²) in [7, 11) is 0. The third-order valence-electron chi connectivity index (χ3n) is 3.40. The van der Waals surface area contributed by atoms with Crippen LogP contribution < -0.4 is 5.32 Å². The Morgan fingerprint density at radius 1 is 1.35 bits per heavy atom. The van der Waals surface area contributed by atoms with Gasteiger partial charge in [0, 0.05) is 31.2 Å². The summed E-state index contributed by atoms with van der Waals surface area (Å²) in [5.74, 6) is 0.0505. The van der Waals surface area contributed by atoms with Gasteiger partial charge in [-0.15, -0.1) is 0 Å². The number of hydrogen-bond donors (Lipinski definition) is 1. The largest absolute Gasteiger partial charge is 0.354 e. The van der Waals surface area contributed by atoms with E-state index in [9.17, 15) is 4.79 Å². The van der Waals surface area contributed by atoms with Crippen LogP contribution in [-0.2, 0) is 11.3 Å². The normalized spacial score (nSPS) is 12.3. The fraction of sp³-hybridized carbons (Fsp3) is 0.467. The first-order chi connectivity index (χ1) is 9.58. The fourth-order valence-corrected chi connectivity index (χ4v) is 2.23. The Bertz CT molecular complexity index is 556. The summed E-state index contributed by atoms with van der Waals surface area (Å²) in [4.78, 5) is 12.0. The summed E-state index contributed by atoms with van der Waals surface area (Å²) in [5, 5.41) is 7.37. The summed E-state index contributed by atoms with van der Waals surface area (Å²) in [5.41, 5.74) is 2.20. The molecule has 5 nitrogen and oxygen atoms in total. The van der Waals surface area contributed by atoms with Crippen molar-refractivity contribution < 1.29 is 4.79 Å². The van der Waals surface area contributed by atoms with Gasteiger partial charge in [0.05, 0.1) is 5.69 Å². The first-order valence-corrected chi connectivity index (χ1v) is 6.99. The summed E-state index contributed by atoms with van der Waals surface area (Å²) in [6.07, 6.45) is 4.69. The minimum atomic E-state index is -0.168. The molecule has 2 heterocycles. The summed E-state index contributed by atoms with van der Waals surface area (Å²) >= 11 is 0. The van der Waals surface area contributed by atoms with E-state index >= 15 is 0 Å². The fourth-order valence-electron chi connectivity index (χ4n) is 2.23. The molecule has 0 aliphatic carbocycles. The third kappa shape index (κ3) is 3.50. The van der Waals surface area contributed by atoms with Crippen molar-refractivity contribution in [2.45, 2.75) is 39.8 Å². The number of hydrogen-bond acceptors (Lipinski definition) is 2. The highest BCUT2D eigenvalue weighted by atomic mass is 16.2. The maximum atomic E-state index is 12.0. The van der Waals surface area contributed by atoms with Gasteiger partial charge in [-0.3, -0.25) is 9.48 Å². The lowest BCUT2D eigenvalue weighted by Gasteiger charge is -2.14. The van der Waals surface area contributed by atoms with E-state index in [0.717, 1.165) is 24.4 Å². The predicted octanol–water partition coefficient (Wildman–Crippen LogP) is 2.07. The molecule has 1 atom stereocenters. The Balaban J connectivity index is 1.73. The van der Waals surface area contributed by atoms with E-state index in [2.05, 4.69) is 16.5 Å². The van der Waals surface area contributed by atoms with Crippen LogP contribution >= 0.6 is 0 Å². The van der Waals surface area contributed by atoms with Crippen LogP contribution in [0.25, 0.3) is 0 Å². The number of rotatable bonds is 6. The van der Waals surface area contributed by atoms with Gasteiger partial charge in [-0.05, 0) is 45.4 Å². The highest BCUT2D eigenvalue weighted by molar-refractivity contribution is 5.79. The van der Waals surface area contributed by atoms with E-state index in [4.69, 9.17) is 0 Å². The van der Waals surface area contributed by atoms with Crippen molar-refractivity contribution in [2.75, 3.05) is 6.54 Å². The number of carbonyl (C=O) groups is 1. The lowest BCUT2D eigenvalue weighted by Crippen LogP contribution is -2.31. The second-order valence-electron chi connectivity index (χ2n) is 5.10. The molecule has 0 bridgehead atoms. The van der Waals surface area contributed by atoms with E-state index < -0.39 is 0 Å². The van der Waals surface area contributed by atoms with Gasteiger partial charge in [-0.1, -0.05) is 0 Å². The zero-order valence-electron chi connectivity index (χ0n) is 12.3. The average Bonchev–Trinajstić information content (AvgIpc) is 3.03. The topological polar surface area (TPSA) is 51.9 Å². The van der Waals surface area contributed by atoms with Crippen LogP contribution in [0, 0.1) is 13.8 Å². The molecule has 20 heavy (non-hydrogen) atoms. The molecule has 1 amide bonds. The van der Waals surface area contributed by atoms with Crippen molar-refractivity contribution in [3.63, 3.8) is 0 Å². The maximum Gasteiger partial charge on any atom is 0.242 e. The lowest BCUT2D eigenvalue weighted by molar-refractivity contribution is -0.123.